The lowest BCUT2D eigenvalue weighted by atomic mass is 9.85. The van der Waals surface area contributed by atoms with Crippen LogP contribution in [-0.2, 0) is 9.53 Å². The van der Waals surface area contributed by atoms with Gasteiger partial charge in [0.15, 0.2) is 0 Å². The van der Waals surface area contributed by atoms with Gasteiger partial charge in [0.1, 0.15) is 0 Å². The second kappa shape index (κ2) is 7.99. The molecule has 2 rings (SSSR count). The Morgan fingerprint density at radius 3 is 2.40 bits per heavy atom. The van der Waals surface area contributed by atoms with Crippen molar-refractivity contribution in [1.29, 1.82) is 0 Å². The molecule has 4 nitrogen and oxygen atoms in total. The van der Waals surface area contributed by atoms with E-state index in [1.54, 1.807) is 0 Å². The maximum Gasteiger partial charge on any atom is 0.308 e. The number of esters is 1. The van der Waals surface area contributed by atoms with Crippen molar-refractivity contribution in [1.82, 2.24) is 10.2 Å². The summed E-state index contributed by atoms with van der Waals surface area (Å²) in [5, 5.41) is 3.73. The summed E-state index contributed by atoms with van der Waals surface area (Å²) in [5.41, 5.74) is 0. The normalized spacial score (nSPS) is 29.3. The molecular weight excluding hydrogens is 252 g/mol. The number of ether oxygens (including phenoxy) is 1. The Morgan fingerprint density at radius 1 is 1.15 bits per heavy atom. The van der Waals surface area contributed by atoms with Crippen LogP contribution in [0.1, 0.15) is 45.4 Å². The molecular formula is C16H30N2O2. The Bertz CT molecular complexity index is 293. The fourth-order valence-electron chi connectivity index (χ4n) is 3.39. The number of nitrogens with zero attached hydrogens (tertiary/aromatic N) is 1. The lowest BCUT2D eigenvalue weighted by molar-refractivity contribution is -0.149. The summed E-state index contributed by atoms with van der Waals surface area (Å²) in [5.74, 6) is 1.01. The lowest BCUT2D eigenvalue weighted by Gasteiger charge is -2.32. The van der Waals surface area contributed by atoms with Crippen molar-refractivity contribution < 1.29 is 9.53 Å². The van der Waals surface area contributed by atoms with E-state index in [4.69, 9.17) is 4.74 Å². The Kier molecular flexibility index (Phi) is 6.30. The predicted octanol–water partition coefficient (Wildman–Crippen LogP) is 2.04. The van der Waals surface area contributed by atoms with Crippen LogP contribution in [0.3, 0.4) is 0 Å². The molecule has 0 unspecified atom stereocenters. The molecule has 1 heterocycles. The van der Waals surface area contributed by atoms with Gasteiger partial charge in [0.2, 0.25) is 0 Å². The van der Waals surface area contributed by atoms with Gasteiger partial charge in [0.25, 0.3) is 0 Å². The molecule has 0 spiro atoms. The van der Waals surface area contributed by atoms with Gasteiger partial charge in [0, 0.05) is 6.04 Å². The average Bonchev–Trinajstić information content (AvgIpc) is 2.47. The van der Waals surface area contributed by atoms with Crippen molar-refractivity contribution in [2.24, 2.45) is 11.8 Å². The molecule has 20 heavy (non-hydrogen) atoms. The minimum Gasteiger partial charge on any atom is -0.466 e. The second-order valence-electron chi connectivity index (χ2n) is 6.46. The highest BCUT2D eigenvalue weighted by atomic mass is 16.5. The number of hydrogen-bond donors (Lipinski definition) is 1. The van der Waals surface area contributed by atoms with E-state index in [1.807, 2.05) is 6.92 Å². The minimum absolute atomic E-state index is 0.0151. The molecule has 0 aromatic rings. The molecule has 0 atom stereocenters. The molecule has 1 saturated carbocycles. The molecule has 1 N–H and O–H groups in total. The van der Waals surface area contributed by atoms with Crippen molar-refractivity contribution >= 4 is 5.97 Å². The summed E-state index contributed by atoms with van der Waals surface area (Å²) < 4.78 is 5.12. The summed E-state index contributed by atoms with van der Waals surface area (Å²) in [6.07, 6.45) is 6.86. The largest absolute Gasteiger partial charge is 0.466 e. The van der Waals surface area contributed by atoms with Crippen LogP contribution >= 0.6 is 0 Å². The van der Waals surface area contributed by atoms with E-state index >= 15 is 0 Å². The summed E-state index contributed by atoms with van der Waals surface area (Å²) in [6.45, 7) is 6.02. The predicted molar refractivity (Wildman–Crippen MR) is 80.6 cm³/mol. The highest BCUT2D eigenvalue weighted by Crippen LogP contribution is 2.26. The van der Waals surface area contributed by atoms with Gasteiger partial charge in [-0.3, -0.25) is 4.79 Å². The molecule has 116 valence electrons. The van der Waals surface area contributed by atoms with Gasteiger partial charge in [-0.05, 0) is 78.0 Å². The highest BCUT2D eigenvalue weighted by Gasteiger charge is 2.27. The van der Waals surface area contributed by atoms with Crippen molar-refractivity contribution in [2.45, 2.75) is 51.5 Å². The maximum atomic E-state index is 11.7. The summed E-state index contributed by atoms with van der Waals surface area (Å²) >= 11 is 0. The quantitative estimate of drug-likeness (QED) is 0.784. The zero-order chi connectivity index (χ0) is 14.4. The Morgan fingerprint density at radius 2 is 1.80 bits per heavy atom. The summed E-state index contributed by atoms with van der Waals surface area (Å²) in [7, 11) is 2.21. The molecule has 1 aliphatic carbocycles. The molecule has 4 heteroatoms. The fraction of sp³-hybridized carbons (Fsp3) is 0.938. The number of carbonyl (C=O) groups is 1. The molecule has 0 aromatic heterocycles. The van der Waals surface area contributed by atoms with Crippen molar-refractivity contribution in [3.05, 3.63) is 0 Å². The third-order valence-corrected chi connectivity index (χ3v) is 4.88. The Balaban J connectivity index is 1.61. The number of piperidine rings is 1. The molecule has 0 radical (unpaired) electrons. The van der Waals surface area contributed by atoms with Gasteiger partial charge in [-0.15, -0.1) is 0 Å². The number of nitrogens with one attached hydrogen (secondary N) is 1. The van der Waals surface area contributed by atoms with Gasteiger partial charge in [0.05, 0.1) is 12.5 Å². The first-order chi connectivity index (χ1) is 9.69. The fourth-order valence-corrected chi connectivity index (χ4v) is 3.39. The van der Waals surface area contributed by atoms with E-state index in [-0.39, 0.29) is 11.9 Å². The van der Waals surface area contributed by atoms with Crippen LogP contribution in [0, 0.1) is 11.8 Å². The van der Waals surface area contributed by atoms with E-state index in [1.165, 1.54) is 25.9 Å². The zero-order valence-electron chi connectivity index (χ0n) is 13.1. The zero-order valence-corrected chi connectivity index (χ0v) is 13.1. The van der Waals surface area contributed by atoms with E-state index in [2.05, 4.69) is 17.3 Å². The summed E-state index contributed by atoms with van der Waals surface area (Å²) in [4.78, 5) is 14.1. The van der Waals surface area contributed by atoms with Gasteiger partial charge < -0.3 is 15.0 Å². The van der Waals surface area contributed by atoms with Crippen LogP contribution in [0.5, 0.6) is 0 Å². The average molecular weight is 282 g/mol. The van der Waals surface area contributed by atoms with Crippen LogP contribution in [0.25, 0.3) is 0 Å². The second-order valence-corrected chi connectivity index (χ2v) is 6.46. The minimum atomic E-state index is 0.0151. The van der Waals surface area contributed by atoms with Crippen LogP contribution in [0.2, 0.25) is 0 Å². The van der Waals surface area contributed by atoms with E-state index in [0.29, 0.717) is 12.6 Å². The third-order valence-electron chi connectivity index (χ3n) is 4.88. The lowest BCUT2D eigenvalue weighted by Crippen LogP contribution is -2.40. The monoisotopic (exact) mass is 282 g/mol. The van der Waals surface area contributed by atoms with Crippen LogP contribution in [0.15, 0.2) is 0 Å². The first-order valence-corrected chi connectivity index (χ1v) is 8.27. The van der Waals surface area contributed by atoms with Crippen LogP contribution < -0.4 is 5.32 Å². The van der Waals surface area contributed by atoms with E-state index in [0.717, 1.165) is 38.1 Å². The molecule has 2 aliphatic rings. The first kappa shape index (κ1) is 15.8. The van der Waals surface area contributed by atoms with Gasteiger partial charge >= 0.3 is 5.97 Å². The standard InChI is InChI=1S/C16H30N2O2/c1-3-20-16(19)14-4-6-15(7-5-14)17-12-13-8-10-18(2)11-9-13/h13-15,17H,3-12H2,1-2H3. The van der Waals surface area contributed by atoms with Crippen LogP contribution in [-0.4, -0.2) is 50.2 Å². The molecule has 0 aromatic carbocycles. The molecule has 1 saturated heterocycles. The number of rotatable bonds is 5. The molecule has 1 aliphatic heterocycles. The maximum absolute atomic E-state index is 11.7. The summed E-state index contributed by atoms with van der Waals surface area (Å²) in [6, 6.07) is 0.611. The highest BCUT2D eigenvalue weighted by molar-refractivity contribution is 5.72. The van der Waals surface area contributed by atoms with Crippen LogP contribution in [0.4, 0.5) is 0 Å². The van der Waals surface area contributed by atoms with Crippen molar-refractivity contribution in [3.63, 3.8) is 0 Å². The number of hydrogen-bond acceptors (Lipinski definition) is 4. The number of likely N-dealkylation sites (tertiary alicyclic amines) is 1. The van der Waals surface area contributed by atoms with Gasteiger partial charge in [-0.2, -0.15) is 0 Å². The van der Waals surface area contributed by atoms with Gasteiger partial charge in [-0.1, -0.05) is 0 Å². The first-order valence-electron chi connectivity index (χ1n) is 8.27. The Hall–Kier alpha value is -0.610. The molecule has 2 fully saturated rings. The molecule has 0 bridgehead atoms. The van der Waals surface area contributed by atoms with Gasteiger partial charge in [-0.25, -0.2) is 0 Å². The van der Waals surface area contributed by atoms with Crippen molar-refractivity contribution in [2.75, 3.05) is 33.3 Å². The SMILES string of the molecule is CCOC(=O)C1CCC(NCC2CCN(C)CC2)CC1. The van der Waals surface area contributed by atoms with E-state index in [9.17, 15) is 4.79 Å². The topological polar surface area (TPSA) is 41.6 Å². The third kappa shape index (κ3) is 4.74. The molecule has 0 amide bonds. The van der Waals surface area contributed by atoms with Crippen molar-refractivity contribution in [3.8, 4) is 0 Å². The smallest absolute Gasteiger partial charge is 0.308 e. The Labute approximate surface area is 123 Å². The van der Waals surface area contributed by atoms with E-state index < -0.39 is 0 Å². The number of carbonyl (C=O) groups excluding carboxylic acids is 1.